The maximum atomic E-state index is 12.8. The van der Waals surface area contributed by atoms with Crippen LogP contribution in [0.1, 0.15) is 33.4 Å². The molecule has 1 aromatic carbocycles. The summed E-state index contributed by atoms with van der Waals surface area (Å²) >= 11 is 0. The number of fused-ring (bicyclic) bond motifs is 1. The summed E-state index contributed by atoms with van der Waals surface area (Å²) in [4.78, 5) is 22.3. The minimum absolute atomic E-state index is 0.0312. The molecule has 22 heavy (non-hydrogen) atoms. The molecule has 2 aromatic heterocycles. The van der Waals surface area contributed by atoms with Crippen molar-refractivity contribution in [3.8, 4) is 0 Å². The fourth-order valence-corrected chi connectivity index (χ4v) is 3.02. The van der Waals surface area contributed by atoms with Crippen molar-refractivity contribution in [2.24, 2.45) is 0 Å². The number of aromatic amines is 1. The van der Waals surface area contributed by atoms with Gasteiger partial charge in [-0.15, -0.1) is 0 Å². The highest BCUT2D eigenvalue weighted by molar-refractivity contribution is 5.94. The third-order valence-electron chi connectivity index (χ3n) is 4.07. The van der Waals surface area contributed by atoms with Crippen LogP contribution in [0.25, 0.3) is 0 Å². The van der Waals surface area contributed by atoms with Crippen LogP contribution in [0.3, 0.4) is 0 Å². The molecule has 3 aromatic rings. The van der Waals surface area contributed by atoms with Crippen LogP contribution in [0.5, 0.6) is 0 Å². The average Bonchev–Trinajstić information content (AvgIpc) is 3.25. The van der Waals surface area contributed by atoms with E-state index >= 15 is 0 Å². The number of H-pyrrole nitrogens is 1. The van der Waals surface area contributed by atoms with Crippen LogP contribution in [-0.2, 0) is 6.42 Å². The summed E-state index contributed by atoms with van der Waals surface area (Å²) in [5.74, 6) is -0.0312. The van der Waals surface area contributed by atoms with Gasteiger partial charge < -0.3 is 14.3 Å². The standard InChI is InChI=1S/C17H15N3O2/c21-17(13-7-9-22-10-13)20-8-6-14-15(19-11-18-14)16(20)12-4-2-1-3-5-12/h1-5,7,9-11,16H,6,8H2,(H,18,19)/t16-/m0/s1. The lowest BCUT2D eigenvalue weighted by Crippen LogP contribution is -2.40. The van der Waals surface area contributed by atoms with Crippen molar-refractivity contribution in [1.82, 2.24) is 14.9 Å². The van der Waals surface area contributed by atoms with Gasteiger partial charge in [-0.25, -0.2) is 4.98 Å². The maximum absolute atomic E-state index is 12.8. The molecule has 0 bridgehead atoms. The van der Waals surface area contributed by atoms with Crippen LogP contribution in [0.2, 0.25) is 0 Å². The summed E-state index contributed by atoms with van der Waals surface area (Å²) in [6.45, 7) is 0.652. The van der Waals surface area contributed by atoms with Gasteiger partial charge in [0.1, 0.15) is 12.3 Å². The summed E-state index contributed by atoms with van der Waals surface area (Å²) in [5.41, 5.74) is 3.66. The molecular formula is C17H15N3O2. The Morgan fingerprint density at radius 2 is 2.14 bits per heavy atom. The predicted molar refractivity (Wildman–Crippen MR) is 80.3 cm³/mol. The van der Waals surface area contributed by atoms with E-state index in [-0.39, 0.29) is 11.9 Å². The number of carbonyl (C=O) groups is 1. The molecule has 4 rings (SSSR count). The minimum Gasteiger partial charge on any atom is -0.472 e. The topological polar surface area (TPSA) is 62.1 Å². The van der Waals surface area contributed by atoms with Crippen molar-refractivity contribution in [3.05, 3.63) is 77.8 Å². The van der Waals surface area contributed by atoms with E-state index in [0.717, 1.165) is 23.4 Å². The van der Waals surface area contributed by atoms with E-state index in [9.17, 15) is 4.79 Å². The second-order valence-corrected chi connectivity index (χ2v) is 5.34. The normalized spacial score (nSPS) is 17.3. The molecule has 1 aliphatic rings. The van der Waals surface area contributed by atoms with E-state index in [0.29, 0.717) is 12.1 Å². The zero-order valence-electron chi connectivity index (χ0n) is 11.9. The third kappa shape index (κ3) is 2.02. The van der Waals surface area contributed by atoms with E-state index in [1.807, 2.05) is 35.2 Å². The minimum atomic E-state index is -0.168. The Morgan fingerprint density at radius 1 is 1.27 bits per heavy atom. The lowest BCUT2D eigenvalue weighted by Gasteiger charge is -2.35. The number of imidazole rings is 1. The predicted octanol–water partition coefficient (Wildman–Crippen LogP) is 2.79. The zero-order valence-corrected chi connectivity index (χ0v) is 11.9. The van der Waals surface area contributed by atoms with E-state index in [1.165, 1.54) is 12.5 Å². The number of furan rings is 1. The van der Waals surface area contributed by atoms with Crippen LogP contribution in [0, 0.1) is 0 Å². The molecule has 1 aliphatic heterocycles. The summed E-state index contributed by atoms with van der Waals surface area (Å²) in [7, 11) is 0. The second kappa shape index (κ2) is 5.18. The van der Waals surface area contributed by atoms with Gasteiger partial charge in [-0.1, -0.05) is 30.3 Å². The molecular weight excluding hydrogens is 278 g/mol. The lowest BCUT2D eigenvalue weighted by molar-refractivity contribution is 0.0690. The molecule has 0 saturated carbocycles. The van der Waals surface area contributed by atoms with Crippen LogP contribution in [0.15, 0.2) is 59.7 Å². The van der Waals surface area contributed by atoms with Crippen molar-refractivity contribution >= 4 is 5.91 Å². The van der Waals surface area contributed by atoms with Crippen LogP contribution in [-0.4, -0.2) is 27.3 Å². The van der Waals surface area contributed by atoms with Gasteiger partial charge in [-0.05, 0) is 11.6 Å². The monoisotopic (exact) mass is 293 g/mol. The molecule has 0 fully saturated rings. The van der Waals surface area contributed by atoms with E-state index in [4.69, 9.17) is 4.42 Å². The number of aromatic nitrogens is 2. The molecule has 5 heteroatoms. The molecule has 110 valence electrons. The highest BCUT2D eigenvalue weighted by Crippen LogP contribution is 2.34. The number of carbonyl (C=O) groups excluding carboxylic acids is 1. The van der Waals surface area contributed by atoms with Gasteiger partial charge in [0.05, 0.1) is 23.8 Å². The number of hydrogen-bond acceptors (Lipinski definition) is 3. The largest absolute Gasteiger partial charge is 0.472 e. The Labute approximate surface area is 127 Å². The summed E-state index contributed by atoms with van der Waals surface area (Å²) in [6.07, 6.45) is 5.49. The highest BCUT2D eigenvalue weighted by atomic mass is 16.3. The number of hydrogen-bond donors (Lipinski definition) is 1. The lowest BCUT2D eigenvalue weighted by atomic mass is 9.95. The van der Waals surface area contributed by atoms with Crippen LogP contribution < -0.4 is 0 Å². The average molecular weight is 293 g/mol. The molecule has 0 radical (unpaired) electrons. The van der Waals surface area contributed by atoms with Gasteiger partial charge in [0.15, 0.2) is 0 Å². The Bertz CT molecular complexity index is 777. The molecule has 0 saturated heterocycles. The fraction of sp³-hybridized carbons (Fsp3) is 0.176. The summed E-state index contributed by atoms with van der Waals surface area (Å²) in [5, 5.41) is 0. The second-order valence-electron chi connectivity index (χ2n) is 5.34. The molecule has 3 heterocycles. The Morgan fingerprint density at radius 3 is 2.91 bits per heavy atom. The number of nitrogens with one attached hydrogen (secondary N) is 1. The Kier molecular flexibility index (Phi) is 3.04. The third-order valence-corrected chi connectivity index (χ3v) is 4.07. The van der Waals surface area contributed by atoms with Gasteiger partial charge in [0.2, 0.25) is 0 Å². The van der Waals surface area contributed by atoms with Crippen LogP contribution in [0.4, 0.5) is 0 Å². The van der Waals surface area contributed by atoms with Gasteiger partial charge in [0.25, 0.3) is 5.91 Å². The molecule has 1 N–H and O–H groups in total. The number of rotatable bonds is 2. The molecule has 5 nitrogen and oxygen atoms in total. The zero-order chi connectivity index (χ0) is 14.9. The first-order valence-electron chi connectivity index (χ1n) is 7.25. The summed E-state index contributed by atoms with van der Waals surface area (Å²) < 4.78 is 5.05. The van der Waals surface area contributed by atoms with E-state index < -0.39 is 0 Å². The smallest absolute Gasteiger partial charge is 0.257 e. The van der Waals surface area contributed by atoms with Gasteiger partial charge in [-0.3, -0.25) is 4.79 Å². The molecule has 1 amide bonds. The van der Waals surface area contributed by atoms with Gasteiger partial charge in [0, 0.05) is 18.7 Å². The quantitative estimate of drug-likeness (QED) is 0.790. The number of nitrogens with zero attached hydrogens (tertiary/aromatic N) is 2. The van der Waals surface area contributed by atoms with Crippen molar-refractivity contribution in [3.63, 3.8) is 0 Å². The molecule has 0 unspecified atom stereocenters. The first-order valence-corrected chi connectivity index (χ1v) is 7.25. The van der Waals surface area contributed by atoms with Crippen molar-refractivity contribution in [2.45, 2.75) is 12.5 Å². The van der Waals surface area contributed by atoms with Crippen molar-refractivity contribution in [1.29, 1.82) is 0 Å². The first-order chi connectivity index (χ1) is 10.8. The number of amides is 1. The van der Waals surface area contributed by atoms with Crippen molar-refractivity contribution < 1.29 is 9.21 Å². The van der Waals surface area contributed by atoms with Gasteiger partial charge >= 0.3 is 0 Å². The SMILES string of the molecule is O=C(c1ccoc1)N1CCc2[nH]cnc2[C@@H]1c1ccccc1. The Balaban J connectivity index is 1.79. The fourth-order valence-electron chi connectivity index (χ4n) is 3.02. The summed E-state index contributed by atoms with van der Waals surface area (Å²) in [6, 6.07) is 11.5. The van der Waals surface area contributed by atoms with E-state index in [2.05, 4.69) is 9.97 Å². The maximum Gasteiger partial charge on any atom is 0.257 e. The molecule has 0 spiro atoms. The van der Waals surface area contributed by atoms with Crippen molar-refractivity contribution in [2.75, 3.05) is 6.54 Å². The first kappa shape index (κ1) is 12.9. The van der Waals surface area contributed by atoms with Gasteiger partial charge in [-0.2, -0.15) is 0 Å². The molecule has 1 atom stereocenters. The van der Waals surface area contributed by atoms with Crippen LogP contribution >= 0.6 is 0 Å². The number of benzene rings is 1. The molecule has 0 aliphatic carbocycles. The Hall–Kier alpha value is -2.82. The van der Waals surface area contributed by atoms with E-state index in [1.54, 1.807) is 12.4 Å². The highest BCUT2D eigenvalue weighted by Gasteiger charge is 2.34.